The Kier molecular flexibility index (Phi) is 7.05. The molecule has 124 valence electrons. The Labute approximate surface area is 127 Å². The second kappa shape index (κ2) is 8.07. The van der Waals surface area contributed by atoms with Crippen molar-refractivity contribution in [3.8, 4) is 0 Å². The smallest absolute Gasteiger partial charge is 0.307 e. The summed E-state index contributed by atoms with van der Waals surface area (Å²) in [6.07, 6.45) is 2.14. The molecule has 8 heteroatoms. The van der Waals surface area contributed by atoms with Crippen LogP contribution >= 0.6 is 0 Å². The summed E-state index contributed by atoms with van der Waals surface area (Å²) in [5.41, 5.74) is 0. The molecule has 1 aliphatic rings. The van der Waals surface area contributed by atoms with E-state index in [1.54, 1.807) is 0 Å². The molecule has 0 bridgehead atoms. The second-order valence-corrected chi connectivity index (χ2v) is 7.43. The first-order valence-corrected chi connectivity index (χ1v) is 8.89. The molecule has 0 radical (unpaired) electrons. The van der Waals surface area contributed by atoms with Crippen LogP contribution in [0.15, 0.2) is 0 Å². The van der Waals surface area contributed by atoms with Gasteiger partial charge in [0.2, 0.25) is 0 Å². The van der Waals surface area contributed by atoms with E-state index in [1.165, 1.54) is 4.31 Å². The van der Waals surface area contributed by atoms with E-state index in [1.807, 2.05) is 7.05 Å². The molecule has 1 saturated heterocycles. The van der Waals surface area contributed by atoms with Gasteiger partial charge >= 0.3 is 5.97 Å². The first-order chi connectivity index (χ1) is 9.77. The number of hydrogen-bond acceptors (Lipinski definition) is 4. The Morgan fingerprint density at radius 3 is 2.76 bits per heavy atom. The molecule has 0 aromatic rings. The molecule has 0 saturated carbocycles. The molecule has 0 aliphatic carbocycles. The fourth-order valence-corrected chi connectivity index (χ4v) is 3.61. The molecule has 0 aromatic heterocycles. The fourth-order valence-electron chi connectivity index (χ4n) is 2.34. The van der Waals surface area contributed by atoms with Crippen LogP contribution in [0.4, 0.5) is 0 Å². The van der Waals surface area contributed by atoms with Crippen molar-refractivity contribution < 1.29 is 18.3 Å². The number of carboxylic acid groups (broad SMARTS) is 1. The number of rotatable bonds is 8. The van der Waals surface area contributed by atoms with Gasteiger partial charge in [-0.25, -0.2) is 4.72 Å². The van der Waals surface area contributed by atoms with E-state index < -0.39 is 22.1 Å². The molecule has 7 nitrogen and oxygen atoms in total. The van der Waals surface area contributed by atoms with E-state index in [2.05, 4.69) is 23.5 Å². The maximum absolute atomic E-state index is 12.2. The molecule has 0 amide bonds. The minimum Gasteiger partial charge on any atom is -0.481 e. The lowest BCUT2D eigenvalue weighted by Crippen LogP contribution is -2.48. The summed E-state index contributed by atoms with van der Waals surface area (Å²) in [5.74, 6) is -1.52. The molecule has 1 fully saturated rings. The van der Waals surface area contributed by atoms with Crippen LogP contribution in [0.25, 0.3) is 0 Å². The summed E-state index contributed by atoms with van der Waals surface area (Å²) in [7, 11) is -1.62. The Morgan fingerprint density at radius 2 is 2.19 bits per heavy atom. The van der Waals surface area contributed by atoms with Gasteiger partial charge in [-0.3, -0.25) is 4.79 Å². The summed E-state index contributed by atoms with van der Waals surface area (Å²) in [6.45, 7) is 5.59. The molecular weight excluding hydrogens is 294 g/mol. The molecule has 21 heavy (non-hydrogen) atoms. The number of carboxylic acids is 1. The molecule has 1 aliphatic heterocycles. The predicted octanol–water partition coefficient (Wildman–Crippen LogP) is 0.348. The number of aliphatic carboxylic acids is 1. The van der Waals surface area contributed by atoms with Gasteiger partial charge in [0.05, 0.1) is 5.92 Å². The zero-order valence-electron chi connectivity index (χ0n) is 13.1. The van der Waals surface area contributed by atoms with Crippen LogP contribution in [-0.4, -0.2) is 68.0 Å². The average Bonchev–Trinajstić information content (AvgIpc) is 2.46. The molecule has 1 heterocycles. The van der Waals surface area contributed by atoms with Crippen molar-refractivity contribution in [1.82, 2.24) is 13.9 Å². The molecule has 0 spiro atoms. The van der Waals surface area contributed by atoms with E-state index in [0.717, 1.165) is 6.42 Å². The topological polar surface area (TPSA) is 90.0 Å². The molecule has 2 unspecified atom stereocenters. The van der Waals surface area contributed by atoms with E-state index in [-0.39, 0.29) is 6.54 Å². The Balaban J connectivity index is 2.48. The summed E-state index contributed by atoms with van der Waals surface area (Å²) in [6, 6.07) is 0.404. The van der Waals surface area contributed by atoms with Gasteiger partial charge in [0.1, 0.15) is 0 Å². The third kappa shape index (κ3) is 5.54. The van der Waals surface area contributed by atoms with Crippen molar-refractivity contribution in [2.75, 3.05) is 33.2 Å². The normalized spacial score (nSPS) is 22.4. The molecule has 2 atom stereocenters. The standard InChI is InChI=1S/C13H27N3O4S/c1-4-11(2)15(3)9-7-14-21(19,20)16-8-5-6-12(10-16)13(17)18/h11-12,14H,4-10H2,1-3H3,(H,17,18). The highest BCUT2D eigenvalue weighted by Crippen LogP contribution is 2.18. The lowest BCUT2D eigenvalue weighted by Gasteiger charge is -2.30. The van der Waals surface area contributed by atoms with Crippen LogP contribution < -0.4 is 4.72 Å². The maximum atomic E-state index is 12.2. The van der Waals surface area contributed by atoms with Gasteiger partial charge in [0, 0.05) is 32.2 Å². The highest BCUT2D eigenvalue weighted by molar-refractivity contribution is 7.87. The molecule has 2 N–H and O–H groups in total. The average molecular weight is 321 g/mol. The van der Waals surface area contributed by atoms with Crippen molar-refractivity contribution in [1.29, 1.82) is 0 Å². The Morgan fingerprint density at radius 1 is 1.52 bits per heavy atom. The first-order valence-electron chi connectivity index (χ1n) is 7.45. The number of hydrogen-bond donors (Lipinski definition) is 2. The minimum atomic E-state index is -3.58. The van der Waals surface area contributed by atoms with E-state index in [4.69, 9.17) is 5.11 Å². The summed E-state index contributed by atoms with van der Waals surface area (Å²) in [5, 5.41) is 9.01. The van der Waals surface area contributed by atoms with Crippen LogP contribution in [0.3, 0.4) is 0 Å². The number of carbonyl (C=O) groups is 1. The monoisotopic (exact) mass is 321 g/mol. The van der Waals surface area contributed by atoms with E-state index in [9.17, 15) is 13.2 Å². The van der Waals surface area contributed by atoms with Gasteiger partial charge in [0.25, 0.3) is 10.2 Å². The fraction of sp³-hybridized carbons (Fsp3) is 0.923. The number of nitrogens with zero attached hydrogens (tertiary/aromatic N) is 2. The highest BCUT2D eigenvalue weighted by atomic mass is 32.2. The summed E-state index contributed by atoms with van der Waals surface area (Å²) < 4.78 is 28.2. The van der Waals surface area contributed by atoms with Crippen molar-refractivity contribution in [2.45, 2.75) is 39.2 Å². The Bertz CT molecular complexity index is 441. The van der Waals surface area contributed by atoms with Gasteiger partial charge in [-0.15, -0.1) is 0 Å². The maximum Gasteiger partial charge on any atom is 0.307 e. The quantitative estimate of drug-likeness (QED) is 0.673. The summed E-state index contributed by atoms with van der Waals surface area (Å²) in [4.78, 5) is 13.1. The minimum absolute atomic E-state index is 0.0614. The molecule has 1 rings (SSSR count). The number of likely N-dealkylation sites (N-methyl/N-ethyl adjacent to an activating group) is 1. The number of piperidine rings is 1. The van der Waals surface area contributed by atoms with Gasteiger partial charge < -0.3 is 10.0 Å². The van der Waals surface area contributed by atoms with Crippen LogP contribution in [-0.2, 0) is 15.0 Å². The lowest BCUT2D eigenvalue weighted by molar-refractivity contribution is -0.142. The first kappa shape index (κ1) is 18.3. The van der Waals surface area contributed by atoms with Crippen molar-refractivity contribution in [3.63, 3.8) is 0 Å². The van der Waals surface area contributed by atoms with Crippen molar-refractivity contribution >= 4 is 16.2 Å². The highest BCUT2D eigenvalue weighted by Gasteiger charge is 2.31. The van der Waals surface area contributed by atoms with Gasteiger partial charge in [-0.2, -0.15) is 12.7 Å². The van der Waals surface area contributed by atoms with Crippen LogP contribution in [0.2, 0.25) is 0 Å². The molecular formula is C13H27N3O4S. The zero-order chi connectivity index (χ0) is 16.0. The third-order valence-corrected chi connectivity index (χ3v) is 5.75. The summed E-state index contributed by atoms with van der Waals surface area (Å²) >= 11 is 0. The molecule has 0 aromatic carbocycles. The van der Waals surface area contributed by atoms with Crippen LogP contribution in [0.1, 0.15) is 33.1 Å². The van der Waals surface area contributed by atoms with Gasteiger partial charge in [-0.1, -0.05) is 6.92 Å². The van der Waals surface area contributed by atoms with Gasteiger partial charge in [-0.05, 0) is 33.2 Å². The Hall–Kier alpha value is -0.700. The SMILES string of the molecule is CCC(C)N(C)CCNS(=O)(=O)N1CCCC(C(=O)O)C1. The predicted molar refractivity (Wildman–Crippen MR) is 81.2 cm³/mol. The van der Waals surface area contributed by atoms with Crippen molar-refractivity contribution in [3.05, 3.63) is 0 Å². The third-order valence-electron chi connectivity index (χ3n) is 4.17. The van der Waals surface area contributed by atoms with Crippen LogP contribution in [0.5, 0.6) is 0 Å². The van der Waals surface area contributed by atoms with Gasteiger partial charge in [0.15, 0.2) is 0 Å². The van der Waals surface area contributed by atoms with Crippen LogP contribution in [0, 0.1) is 5.92 Å². The zero-order valence-corrected chi connectivity index (χ0v) is 13.9. The lowest BCUT2D eigenvalue weighted by atomic mass is 10.0. The second-order valence-electron chi connectivity index (χ2n) is 5.67. The van der Waals surface area contributed by atoms with E-state index in [0.29, 0.717) is 38.5 Å². The van der Waals surface area contributed by atoms with Crippen molar-refractivity contribution in [2.24, 2.45) is 5.92 Å². The largest absolute Gasteiger partial charge is 0.481 e. The van der Waals surface area contributed by atoms with E-state index >= 15 is 0 Å². The number of nitrogens with one attached hydrogen (secondary N) is 1.